The Kier molecular flexibility index (Phi) is 11.5. The topological polar surface area (TPSA) is 328 Å². The van der Waals surface area contributed by atoms with E-state index in [1.165, 1.54) is 31.2 Å². The molecular formula is C33H40O20. The van der Waals surface area contributed by atoms with Gasteiger partial charge in [0.05, 0.1) is 19.3 Å². The van der Waals surface area contributed by atoms with Gasteiger partial charge in [0.15, 0.2) is 18.3 Å². The fraction of sp³-hybridized carbons (Fsp3) is 0.545. The van der Waals surface area contributed by atoms with Crippen LogP contribution >= 0.6 is 0 Å². The summed E-state index contributed by atoms with van der Waals surface area (Å²) in [5, 5.41) is 123. The van der Waals surface area contributed by atoms with E-state index in [1.807, 2.05) is 0 Å². The summed E-state index contributed by atoms with van der Waals surface area (Å²) < 4.78 is 39.4. The molecule has 3 aliphatic rings. The van der Waals surface area contributed by atoms with Crippen molar-refractivity contribution in [3.63, 3.8) is 0 Å². The Bertz CT molecular complexity index is 1780. The molecule has 2 aromatic carbocycles. The van der Waals surface area contributed by atoms with E-state index < -0.39 is 122 Å². The fourth-order valence-corrected chi connectivity index (χ4v) is 6.25. The molecule has 1 aromatic heterocycles. The van der Waals surface area contributed by atoms with E-state index in [0.717, 1.165) is 12.1 Å². The van der Waals surface area contributed by atoms with Gasteiger partial charge in [0.25, 0.3) is 0 Å². The highest BCUT2D eigenvalue weighted by Crippen LogP contribution is 2.36. The van der Waals surface area contributed by atoms with Crippen LogP contribution in [0.15, 0.2) is 45.6 Å². The van der Waals surface area contributed by atoms with Crippen LogP contribution in [-0.2, 0) is 23.7 Å². The quantitative estimate of drug-likeness (QED) is 0.100. The van der Waals surface area contributed by atoms with Crippen molar-refractivity contribution in [3.8, 4) is 34.3 Å². The third kappa shape index (κ3) is 7.52. The Hall–Kier alpha value is -3.71. The minimum absolute atomic E-state index is 0.0357. The normalized spacial score (nSPS) is 37.8. The zero-order valence-electron chi connectivity index (χ0n) is 27.7. The highest BCUT2D eigenvalue weighted by Gasteiger charge is 2.51. The minimum Gasteiger partial charge on any atom is -0.508 e. The summed E-state index contributed by atoms with van der Waals surface area (Å²) in [5.41, 5.74) is -0.993. The van der Waals surface area contributed by atoms with Gasteiger partial charge in [-0.1, -0.05) is 0 Å². The number of hydrogen-bond acceptors (Lipinski definition) is 20. The van der Waals surface area contributed by atoms with Crippen molar-refractivity contribution >= 4 is 11.0 Å². The predicted molar refractivity (Wildman–Crippen MR) is 171 cm³/mol. The van der Waals surface area contributed by atoms with E-state index in [0.29, 0.717) is 0 Å². The lowest BCUT2D eigenvalue weighted by atomic mass is 9.97. The molecule has 0 bridgehead atoms. The van der Waals surface area contributed by atoms with Crippen molar-refractivity contribution < 1.29 is 94.1 Å². The number of fused-ring (bicyclic) bond motifs is 1. The Labute approximate surface area is 298 Å². The van der Waals surface area contributed by atoms with Crippen LogP contribution in [0.1, 0.15) is 6.92 Å². The first-order chi connectivity index (χ1) is 25.1. The molecule has 4 heterocycles. The van der Waals surface area contributed by atoms with Gasteiger partial charge in [-0.15, -0.1) is 0 Å². The Morgan fingerprint density at radius 1 is 0.698 bits per heavy atom. The van der Waals surface area contributed by atoms with Gasteiger partial charge in [0, 0.05) is 17.7 Å². The molecule has 15 unspecified atom stereocenters. The third-order valence-electron chi connectivity index (χ3n) is 9.32. The Morgan fingerprint density at radius 2 is 1.32 bits per heavy atom. The first-order valence-electron chi connectivity index (χ1n) is 16.4. The van der Waals surface area contributed by atoms with E-state index in [4.69, 9.17) is 32.8 Å². The third-order valence-corrected chi connectivity index (χ3v) is 9.32. The lowest BCUT2D eigenvalue weighted by Crippen LogP contribution is -2.64. The predicted octanol–water partition coefficient (Wildman–Crippen LogP) is -3.57. The smallest absolute Gasteiger partial charge is 0.238 e. The molecule has 292 valence electrons. The van der Waals surface area contributed by atoms with Gasteiger partial charge < -0.3 is 94.1 Å². The van der Waals surface area contributed by atoms with E-state index in [9.17, 15) is 66.1 Å². The summed E-state index contributed by atoms with van der Waals surface area (Å²) in [7, 11) is 0. The van der Waals surface area contributed by atoms with Crippen molar-refractivity contribution in [2.75, 3.05) is 13.2 Å². The second kappa shape index (κ2) is 15.6. The zero-order chi connectivity index (χ0) is 38.5. The molecule has 3 aromatic rings. The first kappa shape index (κ1) is 39.0. The number of phenolic OH excluding ortho intramolecular Hbond substituents is 2. The maximum absolute atomic E-state index is 12.7. The summed E-state index contributed by atoms with van der Waals surface area (Å²) >= 11 is 0. The van der Waals surface area contributed by atoms with Crippen LogP contribution in [-0.4, -0.2) is 167 Å². The molecule has 3 fully saturated rings. The molecule has 0 radical (unpaired) electrons. The fourth-order valence-electron chi connectivity index (χ4n) is 6.25. The van der Waals surface area contributed by atoms with Crippen molar-refractivity contribution in [2.24, 2.45) is 0 Å². The largest absolute Gasteiger partial charge is 0.508 e. The lowest BCUT2D eigenvalue weighted by molar-refractivity contribution is -0.369. The molecule has 20 heteroatoms. The van der Waals surface area contributed by atoms with Crippen LogP contribution in [0, 0.1) is 0 Å². The van der Waals surface area contributed by atoms with E-state index in [-0.39, 0.29) is 33.8 Å². The number of aromatic hydroxyl groups is 3. The number of hydrogen-bond donors (Lipinski definition) is 12. The molecule has 0 amide bonds. The first-order valence-corrected chi connectivity index (χ1v) is 16.4. The van der Waals surface area contributed by atoms with Crippen LogP contribution in [0.3, 0.4) is 0 Å². The number of aliphatic hydroxyl groups is 9. The van der Waals surface area contributed by atoms with Crippen molar-refractivity contribution in [3.05, 3.63) is 46.6 Å². The summed E-state index contributed by atoms with van der Waals surface area (Å²) in [6.45, 7) is 0.0289. The Morgan fingerprint density at radius 3 is 1.98 bits per heavy atom. The van der Waals surface area contributed by atoms with E-state index in [1.54, 1.807) is 0 Å². The number of benzene rings is 2. The molecule has 20 nitrogen and oxygen atoms in total. The maximum atomic E-state index is 12.7. The van der Waals surface area contributed by atoms with Crippen LogP contribution in [0.25, 0.3) is 22.3 Å². The van der Waals surface area contributed by atoms with Gasteiger partial charge in [-0.3, -0.25) is 4.79 Å². The van der Waals surface area contributed by atoms with Gasteiger partial charge in [-0.05, 0) is 31.2 Å². The molecule has 15 atom stereocenters. The van der Waals surface area contributed by atoms with Crippen molar-refractivity contribution in [1.29, 1.82) is 0 Å². The summed E-state index contributed by atoms with van der Waals surface area (Å²) in [6, 6.07) is 7.39. The van der Waals surface area contributed by atoms with E-state index in [2.05, 4.69) is 0 Å². The standard InChI is InChI=1S/C33H40O20/c1-10-19(37)25(43)30(53-32-28(46)23(41)20(38)16(8-34)51-32)33(48-10)47-9-17-21(39)24(42)27(45)31(52-17)49-13-4-2-11(3-5-13)29-26(44)22(40)18-14(36)6-12(35)7-15(18)50-29/h2-7,10,16-17,19-21,23-25,27-28,30-39,41-46H,8-9H2,1H3. The number of phenols is 2. The summed E-state index contributed by atoms with van der Waals surface area (Å²) in [4.78, 5) is 12.7. The second-order valence-electron chi connectivity index (χ2n) is 12.9. The van der Waals surface area contributed by atoms with Crippen LogP contribution < -0.4 is 10.2 Å². The highest BCUT2D eigenvalue weighted by atomic mass is 16.8. The molecular weight excluding hydrogens is 716 g/mol. The van der Waals surface area contributed by atoms with Gasteiger partial charge in [0.1, 0.15) is 95.4 Å². The number of ether oxygens (including phenoxy) is 6. The molecule has 12 N–H and O–H groups in total. The van der Waals surface area contributed by atoms with Crippen LogP contribution in [0.4, 0.5) is 0 Å². The van der Waals surface area contributed by atoms with Gasteiger partial charge in [-0.2, -0.15) is 0 Å². The lowest BCUT2D eigenvalue weighted by Gasteiger charge is -2.46. The average Bonchev–Trinajstić information content (AvgIpc) is 3.13. The number of rotatable bonds is 9. The maximum Gasteiger partial charge on any atom is 0.238 e. The van der Waals surface area contributed by atoms with Crippen LogP contribution in [0.5, 0.6) is 23.0 Å². The van der Waals surface area contributed by atoms with Gasteiger partial charge in [-0.25, -0.2) is 0 Å². The zero-order valence-corrected chi connectivity index (χ0v) is 27.7. The Balaban J connectivity index is 1.15. The second-order valence-corrected chi connectivity index (χ2v) is 12.9. The minimum atomic E-state index is -1.87. The monoisotopic (exact) mass is 756 g/mol. The average molecular weight is 757 g/mol. The molecule has 6 rings (SSSR count). The summed E-state index contributed by atoms with van der Waals surface area (Å²) in [5.74, 6) is -2.07. The highest BCUT2D eigenvalue weighted by molar-refractivity contribution is 5.88. The van der Waals surface area contributed by atoms with Gasteiger partial charge >= 0.3 is 0 Å². The molecule has 53 heavy (non-hydrogen) atoms. The molecule has 3 saturated heterocycles. The molecule has 0 aliphatic carbocycles. The van der Waals surface area contributed by atoms with Crippen molar-refractivity contribution in [2.45, 2.75) is 99.0 Å². The molecule has 0 saturated carbocycles. The SMILES string of the molecule is CC1OC(OCC2OC(Oc3ccc(-c4oc5cc(O)cc(O)c5c(=O)c4O)cc3)C(O)C(O)C2O)C(OC2OC(CO)C(O)C(O)C2O)C(O)C1O. The van der Waals surface area contributed by atoms with Crippen molar-refractivity contribution in [1.82, 2.24) is 0 Å². The van der Waals surface area contributed by atoms with Crippen LogP contribution in [0.2, 0.25) is 0 Å². The number of aliphatic hydroxyl groups excluding tert-OH is 9. The van der Waals surface area contributed by atoms with Gasteiger partial charge in [0.2, 0.25) is 17.5 Å². The molecule has 3 aliphatic heterocycles. The molecule has 0 spiro atoms. The summed E-state index contributed by atoms with van der Waals surface area (Å²) in [6.07, 6.45) is -24.4. The van der Waals surface area contributed by atoms with E-state index >= 15 is 0 Å².